The minimum absolute atomic E-state index is 0.341. The fourth-order valence-electron chi connectivity index (χ4n) is 2.59. The summed E-state index contributed by atoms with van der Waals surface area (Å²) in [5, 5.41) is 7.71. The predicted octanol–water partition coefficient (Wildman–Crippen LogP) is 4.40. The third-order valence-corrected chi connectivity index (χ3v) is 4.54. The molecule has 0 amide bonds. The third-order valence-electron chi connectivity index (χ3n) is 3.89. The molecule has 0 aliphatic carbocycles. The Morgan fingerprint density at radius 2 is 1.88 bits per heavy atom. The van der Waals surface area contributed by atoms with Gasteiger partial charge in [0.05, 0.1) is 22.6 Å². The van der Waals surface area contributed by atoms with Gasteiger partial charge in [0.25, 0.3) is 5.78 Å². The average molecular weight is 398 g/mol. The number of halogens is 2. The minimum Gasteiger partial charge on any atom is -0.388 e. The van der Waals surface area contributed by atoms with E-state index in [-0.39, 0.29) is 5.82 Å². The molecule has 0 saturated heterocycles. The lowest BCUT2D eigenvalue weighted by molar-refractivity contribution is 0.621. The van der Waals surface area contributed by atoms with Crippen molar-refractivity contribution < 1.29 is 4.39 Å². The molecular formula is C18H13BrFN5. The second kappa shape index (κ2) is 6.25. The maximum atomic E-state index is 13.8. The fraction of sp³-hybridized carbons (Fsp3) is 0.0556. The van der Waals surface area contributed by atoms with Crippen molar-refractivity contribution in [3.8, 4) is 22.5 Å². The van der Waals surface area contributed by atoms with E-state index in [4.69, 9.17) is 0 Å². The smallest absolute Gasteiger partial charge is 0.251 e. The highest BCUT2D eigenvalue weighted by Gasteiger charge is 2.11. The zero-order chi connectivity index (χ0) is 17.4. The molecular weight excluding hydrogens is 385 g/mol. The molecule has 0 unspecified atom stereocenters. The van der Waals surface area contributed by atoms with Crippen molar-refractivity contribution in [2.45, 2.75) is 0 Å². The Labute approximate surface area is 151 Å². The zero-order valence-electron chi connectivity index (χ0n) is 13.2. The average Bonchev–Trinajstić information content (AvgIpc) is 3.07. The summed E-state index contributed by atoms with van der Waals surface area (Å²) in [6.45, 7) is 0. The van der Waals surface area contributed by atoms with E-state index in [9.17, 15) is 4.39 Å². The van der Waals surface area contributed by atoms with Crippen LogP contribution >= 0.6 is 15.9 Å². The number of nitrogens with zero attached hydrogens (tertiary/aromatic N) is 4. The lowest BCUT2D eigenvalue weighted by Gasteiger charge is -2.06. The number of rotatable bonds is 3. The molecule has 5 nitrogen and oxygen atoms in total. The van der Waals surface area contributed by atoms with Crippen LogP contribution in [0.3, 0.4) is 0 Å². The van der Waals surface area contributed by atoms with Crippen molar-refractivity contribution in [1.29, 1.82) is 0 Å². The van der Waals surface area contributed by atoms with Crippen LogP contribution in [0.2, 0.25) is 0 Å². The van der Waals surface area contributed by atoms with Crippen LogP contribution in [0.1, 0.15) is 0 Å². The van der Waals surface area contributed by atoms with Crippen LogP contribution in [0.15, 0.2) is 59.3 Å². The van der Waals surface area contributed by atoms with Crippen molar-refractivity contribution in [2.24, 2.45) is 0 Å². The van der Waals surface area contributed by atoms with E-state index < -0.39 is 0 Å². The SMILES string of the molecule is CNc1cccc(-c2cnc3ncc(-c4ccc(Br)c(F)c4)nn23)c1. The van der Waals surface area contributed by atoms with Crippen LogP contribution in [0, 0.1) is 5.82 Å². The standard InChI is InChI=1S/C18H13BrFN5/c1-21-13-4-2-3-12(7-13)17-10-23-18-22-9-16(24-25(17)18)11-5-6-14(19)15(20)8-11/h2-10,21H,1H3. The highest BCUT2D eigenvalue weighted by molar-refractivity contribution is 9.10. The van der Waals surface area contributed by atoms with Gasteiger partial charge in [0.15, 0.2) is 0 Å². The molecule has 2 aromatic carbocycles. The number of hydrogen-bond acceptors (Lipinski definition) is 4. The van der Waals surface area contributed by atoms with Crippen LogP contribution < -0.4 is 5.32 Å². The summed E-state index contributed by atoms with van der Waals surface area (Å²) in [5.41, 5.74) is 4.00. The number of imidazole rings is 1. The normalized spacial score (nSPS) is 11.0. The van der Waals surface area contributed by atoms with Gasteiger partial charge in [-0.05, 0) is 40.2 Å². The molecule has 4 aromatic rings. The Kier molecular flexibility index (Phi) is 3.93. The van der Waals surface area contributed by atoms with Crippen molar-refractivity contribution in [2.75, 3.05) is 12.4 Å². The number of fused-ring (bicyclic) bond motifs is 1. The van der Waals surface area contributed by atoms with Crippen LogP contribution in [-0.2, 0) is 0 Å². The Bertz CT molecular complexity index is 1080. The molecule has 2 heterocycles. The van der Waals surface area contributed by atoms with Crippen molar-refractivity contribution >= 4 is 27.4 Å². The molecule has 0 aliphatic heterocycles. The van der Waals surface area contributed by atoms with Crippen LogP contribution in [0.4, 0.5) is 10.1 Å². The van der Waals surface area contributed by atoms with E-state index in [0.29, 0.717) is 21.5 Å². The van der Waals surface area contributed by atoms with E-state index >= 15 is 0 Å². The van der Waals surface area contributed by atoms with Crippen molar-refractivity contribution in [1.82, 2.24) is 19.6 Å². The third kappa shape index (κ3) is 2.87. The van der Waals surface area contributed by atoms with Gasteiger partial charge in [-0.1, -0.05) is 18.2 Å². The van der Waals surface area contributed by atoms with E-state index in [0.717, 1.165) is 16.9 Å². The molecule has 0 bridgehead atoms. The van der Waals surface area contributed by atoms with Gasteiger partial charge in [-0.3, -0.25) is 0 Å². The molecule has 0 saturated carbocycles. The van der Waals surface area contributed by atoms with Gasteiger partial charge in [0, 0.05) is 23.9 Å². The molecule has 0 atom stereocenters. The first-order valence-corrected chi connectivity index (χ1v) is 8.39. The quantitative estimate of drug-likeness (QED) is 0.556. The topological polar surface area (TPSA) is 55.1 Å². The number of benzene rings is 2. The highest BCUT2D eigenvalue weighted by Crippen LogP contribution is 2.25. The Morgan fingerprint density at radius 3 is 2.68 bits per heavy atom. The fourth-order valence-corrected chi connectivity index (χ4v) is 2.84. The Morgan fingerprint density at radius 1 is 1.04 bits per heavy atom. The van der Waals surface area contributed by atoms with E-state index in [2.05, 4.69) is 36.3 Å². The maximum Gasteiger partial charge on any atom is 0.251 e. The van der Waals surface area contributed by atoms with E-state index in [1.807, 2.05) is 31.3 Å². The summed E-state index contributed by atoms with van der Waals surface area (Å²) >= 11 is 3.16. The number of aromatic nitrogens is 4. The number of anilines is 1. The molecule has 2 aromatic heterocycles. The molecule has 124 valence electrons. The lowest BCUT2D eigenvalue weighted by Crippen LogP contribution is -1.99. The molecule has 0 radical (unpaired) electrons. The molecule has 0 spiro atoms. The van der Waals surface area contributed by atoms with E-state index in [1.165, 1.54) is 6.07 Å². The Hall–Kier alpha value is -2.80. The Balaban J connectivity index is 1.86. The zero-order valence-corrected chi connectivity index (χ0v) is 14.8. The van der Waals surface area contributed by atoms with Gasteiger partial charge in [-0.2, -0.15) is 9.61 Å². The monoisotopic (exact) mass is 397 g/mol. The molecule has 7 heteroatoms. The van der Waals surface area contributed by atoms with Gasteiger partial charge >= 0.3 is 0 Å². The number of hydrogen-bond donors (Lipinski definition) is 1. The summed E-state index contributed by atoms with van der Waals surface area (Å²) in [4.78, 5) is 8.64. The van der Waals surface area contributed by atoms with Crippen molar-refractivity contribution in [3.63, 3.8) is 0 Å². The second-order valence-electron chi connectivity index (χ2n) is 5.46. The van der Waals surface area contributed by atoms with Crippen LogP contribution in [0.5, 0.6) is 0 Å². The summed E-state index contributed by atoms with van der Waals surface area (Å²) in [6.07, 6.45) is 3.33. The first-order chi connectivity index (χ1) is 12.2. The molecule has 0 aliphatic rings. The lowest BCUT2D eigenvalue weighted by atomic mass is 10.1. The molecule has 25 heavy (non-hydrogen) atoms. The number of nitrogens with one attached hydrogen (secondary N) is 1. The van der Waals surface area contributed by atoms with Gasteiger partial charge in [0.2, 0.25) is 0 Å². The van der Waals surface area contributed by atoms with Gasteiger partial charge in [0.1, 0.15) is 11.5 Å². The highest BCUT2D eigenvalue weighted by atomic mass is 79.9. The minimum atomic E-state index is -0.341. The van der Waals surface area contributed by atoms with Crippen LogP contribution in [-0.4, -0.2) is 26.6 Å². The molecule has 4 rings (SSSR count). The predicted molar refractivity (Wildman–Crippen MR) is 98.9 cm³/mol. The van der Waals surface area contributed by atoms with E-state index in [1.54, 1.807) is 29.0 Å². The molecule has 0 fully saturated rings. The molecule has 1 N–H and O–H groups in total. The van der Waals surface area contributed by atoms with Gasteiger partial charge in [-0.15, -0.1) is 0 Å². The summed E-state index contributed by atoms with van der Waals surface area (Å²) in [7, 11) is 1.87. The largest absolute Gasteiger partial charge is 0.388 e. The first kappa shape index (κ1) is 15.7. The van der Waals surface area contributed by atoms with Crippen LogP contribution in [0.25, 0.3) is 28.3 Å². The summed E-state index contributed by atoms with van der Waals surface area (Å²) in [5.74, 6) is 0.151. The van der Waals surface area contributed by atoms with Crippen molar-refractivity contribution in [3.05, 3.63) is 65.1 Å². The first-order valence-electron chi connectivity index (χ1n) is 7.60. The maximum absolute atomic E-state index is 13.8. The second-order valence-corrected chi connectivity index (χ2v) is 6.31. The summed E-state index contributed by atoms with van der Waals surface area (Å²) < 4.78 is 15.9. The van der Waals surface area contributed by atoms with Gasteiger partial charge < -0.3 is 5.32 Å². The summed E-state index contributed by atoms with van der Waals surface area (Å²) in [6, 6.07) is 12.8. The van der Waals surface area contributed by atoms with Gasteiger partial charge in [-0.25, -0.2) is 14.4 Å².